The highest BCUT2D eigenvalue weighted by Gasteiger charge is 2.28. The Morgan fingerprint density at radius 2 is 2.08 bits per heavy atom. The lowest BCUT2D eigenvalue weighted by Crippen LogP contribution is -2.45. The Kier molecular flexibility index (Phi) is 5.13. The number of ether oxygens (including phenoxy) is 1. The van der Waals surface area contributed by atoms with Crippen LogP contribution in [0.15, 0.2) is 35.1 Å². The summed E-state index contributed by atoms with van der Waals surface area (Å²) in [6.07, 6.45) is 4.76. The number of rotatable bonds is 5. The molecule has 0 spiro atoms. The highest BCUT2D eigenvalue weighted by atomic mass is 16.5. The number of carbonyl (C=O) groups is 1. The van der Waals surface area contributed by atoms with Crippen molar-refractivity contribution in [3.8, 4) is 17.2 Å². The van der Waals surface area contributed by atoms with E-state index in [1.54, 1.807) is 12.1 Å². The van der Waals surface area contributed by atoms with Crippen LogP contribution in [0.25, 0.3) is 11.5 Å². The zero-order chi connectivity index (χ0) is 16.9. The topological polar surface area (TPSA) is 77.2 Å². The normalized spacial score (nSPS) is 23.7. The summed E-state index contributed by atoms with van der Waals surface area (Å²) in [6, 6.07) is 7.48. The molecule has 0 bridgehead atoms. The molecule has 1 fully saturated rings. The van der Waals surface area contributed by atoms with Gasteiger partial charge in [-0.2, -0.15) is 0 Å². The first kappa shape index (κ1) is 16.5. The van der Waals surface area contributed by atoms with Gasteiger partial charge in [-0.25, -0.2) is 0 Å². The number of carbonyl (C=O) groups excluding carboxylic acids is 1. The highest BCUT2D eigenvalue weighted by Crippen LogP contribution is 2.29. The fourth-order valence-electron chi connectivity index (χ4n) is 3.18. The summed E-state index contributed by atoms with van der Waals surface area (Å²) < 4.78 is 10.7. The molecule has 3 rings (SSSR count). The molecule has 1 aromatic heterocycles. The Morgan fingerprint density at radius 1 is 1.29 bits per heavy atom. The minimum atomic E-state index is -0.0677. The molecule has 1 saturated carbocycles. The first-order valence-corrected chi connectivity index (χ1v) is 8.42. The van der Waals surface area contributed by atoms with E-state index in [1.807, 2.05) is 12.1 Å². The van der Waals surface area contributed by atoms with Crippen molar-refractivity contribution in [3.63, 3.8) is 0 Å². The second kappa shape index (κ2) is 7.47. The third-order valence-electron chi connectivity index (χ3n) is 4.88. The monoisotopic (exact) mass is 329 g/mol. The van der Waals surface area contributed by atoms with E-state index in [2.05, 4.69) is 29.4 Å². The van der Waals surface area contributed by atoms with Crippen LogP contribution in [0.3, 0.4) is 0 Å². The number of aromatic nitrogens is 2. The van der Waals surface area contributed by atoms with Gasteiger partial charge in [0.2, 0.25) is 12.3 Å². The standard InChI is InChI=1S/C18H23N3O3/c1-12-4-3-5-16(13(12)2)20-17(22)10-23-15-8-6-14(7-9-15)18-21-19-11-24-18/h6-9,11-13,16H,3-5,10H2,1-2H3,(H,20,22)/t12-,13-,16+/m1/s1. The van der Waals surface area contributed by atoms with E-state index in [0.29, 0.717) is 23.5 Å². The number of hydrogen-bond donors (Lipinski definition) is 1. The smallest absolute Gasteiger partial charge is 0.258 e. The van der Waals surface area contributed by atoms with Crippen LogP contribution in [-0.2, 0) is 4.79 Å². The van der Waals surface area contributed by atoms with E-state index < -0.39 is 0 Å². The van der Waals surface area contributed by atoms with E-state index in [1.165, 1.54) is 19.2 Å². The zero-order valence-electron chi connectivity index (χ0n) is 14.1. The molecular formula is C18H23N3O3. The third kappa shape index (κ3) is 3.93. The van der Waals surface area contributed by atoms with Crippen molar-refractivity contribution in [2.24, 2.45) is 11.8 Å². The molecule has 1 N–H and O–H groups in total. The van der Waals surface area contributed by atoms with Crippen LogP contribution in [0.2, 0.25) is 0 Å². The minimum Gasteiger partial charge on any atom is -0.484 e. The summed E-state index contributed by atoms with van der Waals surface area (Å²) in [6.45, 7) is 4.49. The van der Waals surface area contributed by atoms with E-state index >= 15 is 0 Å². The minimum absolute atomic E-state index is 0.0253. The molecule has 1 amide bonds. The second-order valence-electron chi connectivity index (χ2n) is 6.50. The predicted molar refractivity (Wildman–Crippen MR) is 89.3 cm³/mol. The molecule has 0 saturated heterocycles. The number of benzene rings is 1. The van der Waals surface area contributed by atoms with Crippen LogP contribution in [0.1, 0.15) is 33.1 Å². The van der Waals surface area contributed by atoms with E-state index in [4.69, 9.17) is 9.15 Å². The Balaban J connectivity index is 1.49. The van der Waals surface area contributed by atoms with Crippen LogP contribution in [-0.4, -0.2) is 28.8 Å². The van der Waals surface area contributed by atoms with Crippen molar-refractivity contribution in [2.45, 2.75) is 39.2 Å². The van der Waals surface area contributed by atoms with Crippen LogP contribution in [0.4, 0.5) is 0 Å². The second-order valence-corrected chi connectivity index (χ2v) is 6.50. The lowest BCUT2D eigenvalue weighted by atomic mass is 9.78. The molecule has 1 aromatic carbocycles. The summed E-state index contributed by atoms with van der Waals surface area (Å²) in [7, 11) is 0. The van der Waals surface area contributed by atoms with Gasteiger partial charge in [-0.15, -0.1) is 10.2 Å². The number of hydrogen-bond acceptors (Lipinski definition) is 5. The molecule has 1 heterocycles. The van der Waals surface area contributed by atoms with Crippen molar-refractivity contribution in [2.75, 3.05) is 6.61 Å². The van der Waals surface area contributed by atoms with Gasteiger partial charge < -0.3 is 14.5 Å². The SMILES string of the molecule is C[C@@H]1[C@H](C)CCC[C@@H]1NC(=O)COc1ccc(-c2nnco2)cc1. The van der Waals surface area contributed by atoms with Gasteiger partial charge in [-0.05, 0) is 42.5 Å². The molecule has 128 valence electrons. The predicted octanol–water partition coefficient (Wildman–Crippen LogP) is 3.06. The van der Waals surface area contributed by atoms with Gasteiger partial charge in [-0.3, -0.25) is 4.79 Å². The quantitative estimate of drug-likeness (QED) is 0.912. The molecule has 0 unspecified atom stereocenters. The first-order chi connectivity index (χ1) is 11.6. The van der Waals surface area contributed by atoms with Gasteiger partial charge in [0.05, 0.1) is 0 Å². The van der Waals surface area contributed by atoms with Gasteiger partial charge in [-0.1, -0.05) is 26.7 Å². The maximum Gasteiger partial charge on any atom is 0.258 e. The molecule has 1 aliphatic carbocycles. The van der Waals surface area contributed by atoms with E-state index in [9.17, 15) is 4.79 Å². The lowest BCUT2D eigenvalue weighted by molar-refractivity contribution is -0.124. The maximum atomic E-state index is 12.1. The summed E-state index contributed by atoms with van der Waals surface area (Å²) in [4.78, 5) is 12.1. The van der Waals surface area contributed by atoms with Gasteiger partial charge >= 0.3 is 0 Å². The van der Waals surface area contributed by atoms with Crippen LogP contribution in [0, 0.1) is 11.8 Å². The number of amides is 1. The molecule has 2 aromatic rings. The van der Waals surface area contributed by atoms with Crippen molar-refractivity contribution >= 4 is 5.91 Å². The van der Waals surface area contributed by atoms with Gasteiger partial charge in [0.15, 0.2) is 6.61 Å². The Hall–Kier alpha value is -2.37. The number of nitrogens with zero attached hydrogens (tertiary/aromatic N) is 2. The zero-order valence-corrected chi connectivity index (χ0v) is 14.1. The van der Waals surface area contributed by atoms with Crippen LogP contribution in [0.5, 0.6) is 5.75 Å². The van der Waals surface area contributed by atoms with E-state index in [0.717, 1.165) is 12.0 Å². The summed E-state index contributed by atoms with van der Waals surface area (Å²) in [5.41, 5.74) is 0.814. The van der Waals surface area contributed by atoms with Crippen molar-refractivity contribution in [1.29, 1.82) is 0 Å². The molecule has 6 nitrogen and oxygen atoms in total. The molecule has 3 atom stereocenters. The molecule has 24 heavy (non-hydrogen) atoms. The average Bonchev–Trinajstić information content (AvgIpc) is 3.12. The molecular weight excluding hydrogens is 306 g/mol. The maximum absolute atomic E-state index is 12.1. The molecule has 0 radical (unpaired) electrons. The summed E-state index contributed by atoms with van der Waals surface area (Å²) in [5, 5.41) is 10.6. The third-order valence-corrected chi connectivity index (χ3v) is 4.88. The fraction of sp³-hybridized carbons (Fsp3) is 0.500. The summed E-state index contributed by atoms with van der Waals surface area (Å²) >= 11 is 0. The average molecular weight is 329 g/mol. The fourth-order valence-corrected chi connectivity index (χ4v) is 3.18. The largest absolute Gasteiger partial charge is 0.484 e. The lowest BCUT2D eigenvalue weighted by Gasteiger charge is -2.34. The van der Waals surface area contributed by atoms with Crippen molar-refractivity contribution in [1.82, 2.24) is 15.5 Å². The molecule has 6 heteroatoms. The first-order valence-electron chi connectivity index (χ1n) is 8.42. The highest BCUT2D eigenvalue weighted by molar-refractivity contribution is 5.77. The van der Waals surface area contributed by atoms with Crippen LogP contribution >= 0.6 is 0 Å². The van der Waals surface area contributed by atoms with Crippen molar-refractivity contribution < 1.29 is 13.9 Å². The van der Waals surface area contributed by atoms with Crippen LogP contribution < -0.4 is 10.1 Å². The Labute approximate surface area is 141 Å². The molecule has 0 aliphatic heterocycles. The van der Waals surface area contributed by atoms with Gasteiger partial charge in [0, 0.05) is 11.6 Å². The van der Waals surface area contributed by atoms with E-state index in [-0.39, 0.29) is 18.6 Å². The Morgan fingerprint density at radius 3 is 2.79 bits per heavy atom. The number of nitrogens with one attached hydrogen (secondary N) is 1. The van der Waals surface area contributed by atoms with Gasteiger partial charge in [0.25, 0.3) is 5.91 Å². The summed E-state index contributed by atoms with van der Waals surface area (Å²) in [5.74, 6) is 2.19. The van der Waals surface area contributed by atoms with Gasteiger partial charge in [0.1, 0.15) is 5.75 Å². The molecule has 1 aliphatic rings. The Bertz CT molecular complexity index is 655. The van der Waals surface area contributed by atoms with Crippen molar-refractivity contribution in [3.05, 3.63) is 30.7 Å².